The van der Waals surface area contributed by atoms with Gasteiger partial charge in [0.15, 0.2) is 0 Å². The van der Waals surface area contributed by atoms with Gasteiger partial charge in [0.1, 0.15) is 11.9 Å². The number of ether oxygens (including phenoxy) is 1. The van der Waals surface area contributed by atoms with E-state index < -0.39 is 18.0 Å². The lowest BCUT2D eigenvalue weighted by Gasteiger charge is -2.20. The Morgan fingerprint density at radius 1 is 1.26 bits per heavy atom. The van der Waals surface area contributed by atoms with Crippen LogP contribution < -0.4 is 10.2 Å². The largest absolute Gasteiger partial charge is 0.442 e. The van der Waals surface area contributed by atoms with Gasteiger partial charge >= 0.3 is 6.09 Å². The summed E-state index contributed by atoms with van der Waals surface area (Å²) < 4.78 is 22.9. The van der Waals surface area contributed by atoms with Crippen molar-refractivity contribution >= 4 is 40.6 Å². The topological polar surface area (TPSA) is 66.8 Å². The SMILES string of the molecule is CCN(CC)Cc1cccn1-c1ccc(N2C[C@H](CNC(=O)c3ccc(Cl)s3)OC2=O)c(F)c1. The average molecular weight is 505 g/mol. The van der Waals surface area contributed by atoms with Crippen LogP contribution in [-0.2, 0) is 11.3 Å². The Labute approximate surface area is 206 Å². The van der Waals surface area contributed by atoms with Crippen LogP contribution in [0.3, 0.4) is 0 Å². The Morgan fingerprint density at radius 2 is 2.06 bits per heavy atom. The summed E-state index contributed by atoms with van der Waals surface area (Å²) in [6.07, 6.45) is 0.668. The van der Waals surface area contributed by atoms with Crippen LogP contribution in [0.4, 0.5) is 14.9 Å². The number of amides is 2. The number of nitrogens with zero attached hydrogens (tertiary/aromatic N) is 3. The zero-order valence-corrected chi connectivity index (χ0v) is 20.5. The quantitative estimate of drug-likeness (QED) is 0.449. The minimum atomic E-state index is -0.645. The maximum Gasteiger partial charge on any atom is 0.414 e. The number of hydrogen-bond donors (Lipinski definition) is 1. The van der Waals surface area contributed by atoms with E-state index in [-0.39, 0.29) is 24.7 Å². The van der Waals surface area contributed by atoms with Gasteiger partial charge in [0.05, 0.1) is 28.0 Å². The normalized spacial score (nSPS) is 15.7. The Hall–Kier alpha value is -2.88. The molecule has 0 unspecified atom stereocenters. The number of carbonyl (C=O) groups is 2. The lowest BCUT2D eigenvalue weighted by atomic mass is 10.2. The second kappa shape index (κ2) is 10.6. The van der Waals surface area contributed by atoms with Gasteiger partial charge < -0.3 is 14.6 Å². The van der Waals surface area contributed by atoms with Crippen molar-refractivity contribution in [1.82, 2.24) is 14.8 Å². The number of halogens is 2. The molecule has 0 aliphatic carbocycles. The molecule has 0 spiro atoms. The van der Waals surface area contributed by atoms with Gasteiger partial charge in [-0.25, -0.2) is 9.18 Å². The van der Waals surface area contributed by atoms with Crippen molar-refractivity contribution < 1.29 is 18.7 Å². The Morgan fingerprint density at radius 3 is 2.74 bits per heavy atom. The smallest absolute Gasteiger partial charge is 0.414 e. The monoisotopic (exact) mass is 504 g/mol. The number of anilines is 1. The molecule has 2 amide bonds. The molecule has 0 saturated carbocycles. The first-order chi connectivity index (χ1) is 16.4. The third-order valence-corrected chi connectivity index (χ3v) is 7.00. The number of rotatable bonds is 9. The van der Waals surface area contributed by atoms with Crippen LogP contribution in [0.15, 0.2) is 48.7 Å². The highest BCUT2D eigenvalue weighted by Crippen LogP contribution is 2.28. The number of cyclic esters (lactones) is 1. The van der Waals surface area contributed by atoms with Gasteiger partial charge in [-0.05, 0) is 49.5 Å². The van der Waals surface area contributed by atoms with E-state index in [1.54, 1.807) is 24.3 Å². The third-order valence-electron chi connectivity index (χ3n) is 5.77. The van der Waals surface area contributed by atoms with Gasteiger partial charge in [-0.1, -0.05) is 25.4 Å². The molecule has 3 heterocycles. The second-order valence-corrected chi connectivity index (χ2v) is 9.61. The van der Waals surface area contributed by atoms with Crippen LogP contribution in [0.5, 0.6) is 0 Å². The molecule has 0 bridgehead atoms. The van der Waals surface area contributed by atoms with E-state index in [1.807, 2.05) is 22.9 Å². The number of nitrogens with one attached hydrogen (secondary N) is 1. The molecule has 1 aliphatic rings. The fraction of sp³-hybridized carbons (Fsp3) is 0.333. The molecule has 1 atom stereocenters. The minimum absolute atomic E-state index is 0.119. The first-order valence-corrected chi connectivity index (χ1v) is 12.3. The summed E-state index contributed by atoms with van der Waals surface area (Å²) in [5, 5.41) is 2.73. The maximum absolute atomic E-state index is 15.1. The maximum atomic E-state index is 15.1. The highest BCUT2D eigenvalue weighted by Gasteiger charge is 2.34. The molecule has 0 radical (unpaired) electrons. The minimum Gasteiger partial charge on any atom is -0.442 e. The Balaban J connectivity index is 1.43. The molecule has 4 rings (SSSR count). The zero-order chi connectivity index (χ0) is 24.2. The van der Waals surface area contributed by atoms with Gasteiger partial charge in [-0.3, -0.25) is 14.6 Å². The van der Waals surface area contributed by atoms with Crippen LogP contribution in [-0.4, -0.2) is 53.8 Å². The molecule has 1 N–H and O–H groups in total. The molecular weight excluding hydrogens is 479 g/mol. The van der Waals surface area contributed by atoms with E-state index in [2.05, 4.69) is 24.1 Å². The van der Waals surface area contributed by atoms with E-state index in [0.717, 1.165) is 25.3 Å². The number of carbonyl (C=O) groups excluding carboxylic acids is 2. The van der Waals surface area contributed by atoms with Crippen molar-refractivity contribution in [1.29, 1.82) is 0 Å². The van der Waals surface area contributed by atoms with E-state index >= 15 is 4.39 Å². The molecule has 1 fully saturated rings. The molecule has 10 heteroatoms. The van der Waals surface area contributed by atoms with E-state index in [9.17, 15) is 9.59 Å². The van der Waals surface area contributed by atoms with Crippen molar-refractivity contribution in [2.75, 3.05) is 31.1 Å². The van der Waals surface area contributed by atoms with Crippen LogP contribution in [0, 0.1) is 5.82 Å². The van der Waals surface area contributed by atoms with Gasteiger partial charge in [-0.15, -0.1) is 11.3 Å². The standard InChI is InChI=1S/C24H26ClFN4O3S/c1-3-28(4-2)14-17-6-5-11-29(17)16-7-8-20(19(26)12-16)30-15-18(33-24(30)32)13-27-23(31)21-9-10-22(25)34-21/h5-12,18H,3-4,13-15H2,1-2H3,(H,27,31)/t18-/m0/s1. The lowest BCUT2D eigenvalue weighted by molar-refractivity contribution is 0.0920. The Kier molecular flexibility index (Phi) is 7.55. The van der Waals surface area contributed by atoms with Crippen LogP contribution >= 0.6 is 22.9 Å². The predicted molar refractivity (Wildman–Crippen MR) is 132 cm³/mol. The Bertz CT molecular complexity index is 1180. The summed E-state index contributed by atoms with van der Waals surface area (Å²) in [6.45, 7) is 7.08. The van der Waals surface area contributed by atoms with Crippen molar-refractivity contribution in [2.45, 2.75) is 26.5 Å². The summed E-state index contributed by atoms with van der Waals surface area (Å²) in [7, 11) is 0. The average Bonchev–Trinajstić information content (AvgIpc) is 3.56. The number of benzene rings is 1. The van der Waals surface area contributed by atoms with Gasteiger partial charge in [-0.2, -0.15) is 0 Å². The molecule has 180 valence electrons. The van der Waals surface area contributed by atoms with Crippen molar-refractivity contribution in [3.05, 3.63) is 69.4 Å². The van der Waals surface area contributed by atoms with Crippen molar-refractivity contribution in [2.24, 2.45) is 0 Å². The van der Waals surface area contributed by atoms with E-state index in [0.29, 0.717) is 14.9 Å². The highest BCUT2D eigenvalue weighted by atomic mass is 35.5. The number of thiophene rings is 1. The lowest BCUT2D eigenvalue weighted by Crippen LogP contribution is -2.34. The zero-order valence-electron chi connectivity index (χ0n) is 19.0. The molecule has 2 aromatic heterocycles. The third kappa shape index (κ3) is 5.27. The van der Waals surface area contributed by atoms with Gasteiger partial charge in [0.25, 0.3) is 5.91 Å². The van der Waals surface area contributed by atoms with Gasteiger partial charge in [0, 0.05) is 30.2 Å². The highest BCUT2D eigenvalue weighted by molar-refractivity contribution is 7.18. The van der Waals surface area contributed by atoms with Crippen LogP contribution in [0.1, 0.15) is 29.2 Å². The van der Waals surface area contributed by atoms with E-state index in [1.165, 1.54) is 22.3 Å². The van der Waals surface area contributed by atoms with Crippen molar-refractivity contribution in [3.8, 4) is 5.69 Å². The molecule has 3 aromatic rings. The molecule has 1 aliphatic heterocycles. The summed E-state index contributed by atoms with van der Waals surface area (Å²) in [4.78, 5) is 28.6. The number of aromatic nitrogens is 1. The van der Waals surface area contributed by atoms with Crippen LogP contribution in [0.25, 0.3) is 5.69 Å². The fourth-order valence-electron chi connectivity index (χ4n) is 3.89. The van der Waals surface area contributed by atoms with E-state index in [4.69, 9.17) is 16.3 Å². The summed E-state index contributed by atoms with van der Waals surface area (Å²) >= 11 is 7.03. The van der Waals surface area contributed by atoms with Crippen molar-refractivity contribution in [3.63, 3.8) is 0 Å². The van der Waals surface area contributed by atoms with Gasteiger partial charge in [0.2, 0.25) is 0 Å². The fourth-order valence-corrected chi connectivity index (χ4v) is 4.85. The first kappa shape index (κ1) is 24.3. The van der Waals surface area contributed by atoms with Crippen LogP contribution in [0.2, 0.25) is 4.34 Å². The summed E-state index contributed by atoms with van der Waals surface area (Å²) in [5.74, 6) is -0.816. The second-order valence-electron chi connectivity index (χ2n) is 7.90. The first-order valence-electron chi connectivity index (χ1n) is 11.1. The molecule has 1 saturated heterocycles. The molecule has 1 aromatic carbocycles. The molecule has 7 nitrogen and oxygen atoms in total. The summed E-state index contributed by atoms with van der Waals surface area (Å²) in [6, 6.07) is 12.0. The molecule has 34 heavy (non-hydrogen) atoms. The summed E-state index contributed by atoms with van der Waals surface area (Å²) in [5.41, 5.74) is 1.88. The predicted octanol–water partition coefficient (Wildman–Crippen LogP) is 4.93. The number of hydrogen-bond acceptors (Lipinski definition) is 5. The molecular formula is C24H26ClFN4O3S.